The summed E-state index contributed by atoms with van der Waals surface area (Å²) in [5.74, 6) is 0.988. The maximum atomic E-state index is 14.2. The van der Waals surface area contributed by atoms with Crippen LogP contribution in [0.4, 0.5) is 11.4 Å². The van der Waals surface area contributed by atoms with Gasteiger partial charge in [-0.15, -0.1) is 0 Å². The van der Waals surface area contributed by atoms with Gasteiger partial charge < -0.3 is 36.2 Å². The van der Waals surface area contributed by atoms with Gasteiger partial charge in [0.15, 0.2) is 0 Å². The van der Waals surface area contributed by atoms with Crippen LogP contribution in [-0.2, 0) is 22.6 Å². The molecule has 11 heteroatoms. The minimum Gasteiger partial charge on any atom is -0.496 e. The fourth-order valence-electron chi connectivity index (χ4n) is 9.16. The van der Waals surface area contributed by atoms with E-state index in [0.29, 0.717) is 47.7 Å². The van der Waals surface area contributed by atoms with E-state index in [2.05, 4.69) is 31.4 Å². The molecule has 286 valence electrons. The topological polar surface area (TPSA) is 150 Å². The van der Waals surface area contributed by atoms with E-state index in [-0.39, 0.29) is 36.4 Å². The van der Waals surface area contributed by atoms with Crippen molar-refractivity contribution >= 4 is 23.2 Å². The van der Waals surface area contributed by atoms with E-state index in [9.17, 15) is 19.8 Å². The number of ether oxygens (including phenoxy) is 1. The van der Waals surface area contributed by atoms with Crippen molar-refractivity contribution in [3.05, 3.63) is 77.4 Å². The molecule has 1 unspecified atom stereocenters. The van der Waals surface area contributed by atoms with Gasteiger partial charge in [0.1, 0.15) is 17.9 Å². The Hall–Kier alpha value is -4.16. The number of nitrogens with one attached hydrogen (secondary N) is 2. The zero-order valence-corrected chi connectivity index (χ0v) is 32.1. The SMILES string of the molecule is COc1c(CN2O[C@@H](CO)[C@@H]([C@H](C)O)[C@H]2C(=O)NC2C[C@@H]3C[C@@H]([C@@H]2C)C3(C)C)cccc1-c1cc(C(=O)NCCc2cccc(N)c2)cc(N(C)C)c1. The minimum absolute atomic E-state index is 0.0364. The Morgan fingerprint density at radius 1 is 1.11 bits per heavy atom. The van der Waals surface area contributed by atoms with Gasteiger partial charge in [0, 0.05) is 60.7 Å². The van der Waals surface area contributed by atoms with Gasteiger partial charge in [0.2, 0.25) is 5.91 Å². The lowest BCUT2D eigenvalue weighted by atomic mass is 9.45. The number of nitrogens with two attached hydrogens (primary N) is 1. The Morgan fingerprint density at radius 3 is 2.51 bits per heavy atom. The summed E-state index contributed by atoms with van der Waals surface area (Å²) in [6.07, 6.45) is 1.12. The molecule has 1 saturated heterocycles. The van der Waals surface area contributed by atoms with Gasteiger partial charge in [0.25, 0.3) is 5.91 Å². The molecule has 7 rings (SSSR count). The zero-order valence-electron chi connectivity index (χ0n) is 32.1. The van der Waals surface area contributed by atoms with Gasteiger partial charge in [-0.25, -0.2) is 0 Å². The first kappa shape index (κ1) is 38.6. The quantitative estimate of drug-likeness (QED) is 0.159. The number of aliphatic hydroxyl groups excluding tert-OH is 2. The number of para-hydroxylation sites is 1. The van der Waals surface area contributed by atoms with Crippen LogP contribution in [0.15, 0.2) is 60.7 Å². The normalized spacial score (nSPS) is 26.7. The van der Waals surface area contributed by atoms with Crippen molar-refractivity contribution in [2.45, 2.75) is 77.8 Å². The average molecular weight is 728 g/mol. The zero-order chi connectivity index (χ0) is 38.2. The Kier molecular flexibility index (Phi) is 11.4. The molecule has 2 bridgehead atoms. The first-order valence-corrected chi connectivity index (χ1v) is 18.9. The molecule has 0 radical (unpaired) electrons. The molecule has 1 heterocycles. The molecule has 3 saturated carbocycles. The number of hydrogen-bond acceptors (Lipinski definition) is 9. The molecule has 4 aliphatic rings. The highest BCUT2D eigenvalue weighted by Gasteiger charge is 2.57. The predicted molar refractivity (Wildman–Crippen MR) is 207 cm³/mol. The number of benzene rings is 3. The molecular weight excluding hydrogens is 670 g/mol. The average Bonchev–Trinajstić information content (AvgIpc) is 3.50. The molecule has 2 amide bonds. The van der Waals surface area contributed by atoms with Crippen molar-refractivity contribution in [3.63, 3.8) is 0 Å². The van der Waals surface area contributed by atoms with Crippen molar-refractivity contribution in [2.75, 3.05) is 45.0 Å². The standard InChI is InChI=1S/C42H57N5O6/c1-24-34-20-30(42(34,3)4)21-35(24)45-41(51)38-37(25(2)49)36(23-48)53-47(38)22-27-11-9-13-33(39(27)52-7)28-17-29(19-32(18-28)46(5)6)40(50)44-15-14-26-10-8-12-31(43)16-26/h8-13,16-19,24-25,30,34-38,48-49H,14-15,20-23,43H2,1-7H3,(H,44,50)(H,45,51)/t24-,25-,30-,34-,35?,36-,37+,38-/m0/s1. The number of nitrogens with zero attached hydrogens (tertiary/aromatic N) is 2. The van der Waals surface area contributed by atoms with Crippen molar-refractivity contribution in [3.8, 4) is 16.9 Å². The summed E-state index contributed by atoms with van der Waals surface area (Å²) in [6, 6.07) is 18.4. The van der Waals surface area contributed by atoms with Crippen molar-refractivity contribution in [1.82, 2.24) is 15.7 Å². The number of methoxy groups -OCH3 is 1. The number of anilines is 2. The molecule has 8 atom stereocenters. The Bertz CT molecular complexity index is 1800. The first-order valence-electron chi connectivity index (χ1n) is 18.9. The second-order valence-corrected chi connectivity index (χ2v) is 16.1. The van der Waals surface area contributed by atoms with Crippen LogP contribution in [0.25, 0.3) is 11.1 Å². The lowest BCUT2D eigenvalue weighted by Gasteiger charge is -2.62. The molecule has 0 aromatic heterocycles. The summed E-state index contributed by atoms with van der Waals surface area (Å²) < 4.78 is 6.05. The largest absolute Gasteiger partial charge is 0.496 e. The van der Waals surface area contributed by atoms with Crippen LogP contribution in [0.1, 0.15) is 62.0 Å². The summed E-state index contributed by atoms with van der Waals surface area (Å²) in [7, 11) is 5.46. The number of amides is 2. The van der Waals surface area contributed by atoms with Gasteiger partial charge in [-0.05, 0) is 90.8 Å². The maximum absolute atomic E-state index is 14.2. The molecule has 3 aliphatic carbocycles. The monoisotopic (exact) mass is 727 g/mol. The van der Waals surface area contributed by atoms with Crippen LogP contribution in [0.5, 0.6) is 5.75 Å². The number of aliphatic hydroxyl groups is 2. The molecule has 3 aromatic rings. The summed E-state index contributed by atoms with van der Waals surface area (Å²) in [4.78, 5) is 35.9. The van der Waals surface area contributed by atoms with Gasteiger partial charge >= 0.3 is 0 Å². The van der Waals surface area contributed by atoms with E-state index in [1.165, 1.54) is 6.42 Å². The molecule has 1 aliphatic heterocycles. The molecule has 11 nitrogen and oxygen atoms in total. The lowest BCUT2D eigenvalue weighted by molar-refractivity contribution is -0.183. The number of hydroxylamine groups is 2. The van der Waals surface area contributed by atoms with E-state index in [4.69, 9.17) is 15.3 Å². The predicted octanol–water partition coefficient (Wildman–Crippen LogP) is 4.64. The fourth-order valence-corrected chi connectivity index (χ4v) is 9.16. The molecule has 53 heavy (non-hydrogen) atoms. The highest BCUT2D eigenvalue weighted by atomic mass is 16.7. The van der Waals surface area contributed by atoms with Gasteiger partial charge in [-0.3, -0.25) is 14.4 Å². The van der Waals surface area contributed by atoms with Crippen molar-refractivity contribution in [1.29, 1.82) is 0 Å². The van der Waals surface area contributed by atoms with Crippen LogP contribution in [0.3, 0.4) is 0 Å². The third-order valence-corrected chi connectivity index (χ3v) is 12.3. The molecular formula is C42H57N5O6. The second-order valence-electron chi connectivity index (χ2n) is 16.1. The number of fused-ring (bicyclic) bond motifs is 2. The van der Waals surface area contributed by atoms with E-state index < -0.39 is 24.2 Å². The van der Waals surface area contributed by atoms with Crippen LogP contribution < -0.4 is 26.0 Å². The molecule has 3 aromatic carbocycles. The summed E-state index contributed by atoms with van der Waals surface area (Å²) in [5.41, 5.74) is 11.6. The van der Waals surface area contributed by atoms with Crippen molar-refractivity contribution in [2.24, 2.45) is 29.1 Å². The Balaban J connectivity index is 1.25. The van der Waals surface area contributed by atoms with Crippen molar-refractivity contribution < 1.29 is 29.4 Å². The van der Waals surface area contributed by atoms with E-state index >= 15 is 0 Å². The highest BCUT2D eigenvalue weighted by Crippen LogP contribution is 2.61. The number of carbonyl (C=O) groups excluding carboxylic acids is 2. The number of nitrogen functional groups attached to an aromatic ring is 1. The summed E-state index contributed by atoms with van der Waals surface area (Å²) >= 11 is 0. The van der Waals surface area contributed by atoms with Crippen LogP contribution in [0.2, 0.25) is 0 Å². The summed E-state index contributed by atoms with van der Waals surface area (Å²) in [5, 5.41) is 29.2. The molecule has 6 N–H and O–H groups in total. The Morgan fingerprint density at radius 2 is 1.87 bits per heavy atom. The third-order valence-electron chi connectivity index (χ3n) is 12.3. The summed E-state index contributed by atoms with van der Waals surface area (Å²) in [6.45, 7) is 8.82. The van der Waals surface area contributed by atoms with Crippen LogP contribution >= 0.6 is 0 Å². The second kappa shape index (κ2) is 15.7. The first-order chi connectivity index (χ1) is 25.2. The maximum Gasteiger partial charge on any atom is 0.251 e. The van der Waals surface area contributed by atoms with Crippen LogP contribution in [0, 0.1) is 29.1 Å². The highest BCUT2D eigenvalue weighted by molar-refractivity contribution is 5.97. The Labute approximate surface area is 313 Å². The number of carbonyl (C=O) groups is 2. The minimum atomic E-state index is -0.901. The van der Waals surface area contributed by atoms with Gasteiger partial charge in [-0.1, -0.05) is 51.1 Å². The lowest BCUT2D eigenvalue weighted by Crippen LogP contribution is -2.62. The molecule has 0 spiro atoms. The fraction of sp³-hybridized carbons (Fsp3) is 0.524. The smallest absolute Gasteiger partial charge is 0.251 e. The van der Waals surface area contributed by atoms with E-state index in [0.717, 1.165) is 34.4 Å². The van der Waals surface area contributed by atoms with Gasteiger partial charge in [-0.2, -0.15) is 5.06 Å². The number of hydrogen-bond donors (Lipinski definition) is 5. The van der Waals surface area contributed by atoms with E-state index in [1.807, 2.05) is 79.7 Å². The van der Waals surface area contributed by atoms with Gasteiger partial charge in [0.05, 0.1) is 26.4 Å². The van der Waals surface area contributed by atoms with Crippen LogP contribution in [-0.4, -0.2) is 85.7 Å². The van der Waals surface area contributed by atoms with E-state index in [1.54, 1.807) is 19.1 Å². The molecule has 4 fully saturated rings. The number of rotatable bonds is 13. The third kappa shape index (κ3) is 7.76.